The Kier molecular flexibility index (Phi) is 27.7. The molecule has 1 N–H and O–H groups in total. The Balaban J connectivity index is 3.73. The van der Waals surface area contributed by atoms with E-state index in [2.05, 4.69) is 13.8 Å². The summed E-state index contributed by atoms with van der Waals surface area (Å²) in [6, 6.07) is 0. The summed E-state index contributed by atoms with van der Waals surface area (Å²) in [6.07, 6.45) is 31.3. The minimum Gasteiger partial charge on any atom is -0.481 e. The Morgan fingerprint density at radius 3 is 1.25 bits per heavy atom. The van der Waals surface area contributed by atoms with Crippen molar-refractivity contribution < 1.29 is 19.4 Å². The van der Waals surface area contributed by atoms with Gasteiger partial charge in [-0.3, -0.25) is 9.59 Å². The van der Waals surface area contributed by atoms with Crippen molar-refractivity contribution in [2.24, 2.45) is 0 Å². The number of hydrogen-bond donors (Lipinski definition) is 1. The van der Waals surface area contributed by atoms with Gasteiger partial charge in [0.15, 0.2) is 0 Å². The van der Waals surface area contributed by atoms with Gasteiger partial charge in [0.25, 0.3) is 0 Å². The zero-order valence-corrected chi connectivity index (χ0v) is 24.3. The summed E-state index contributed by atoms with van der Waals surface area (Å²) in [4.78, 5) is 23.0. The lowest BCUT2D eigenvalue weighted by molar-refractivity contribution is -0.150. The van der Waals surface area contributed by atoms with Crippen LogP contribution < -0.4 is 0 Å². The zero-order chi connectivity index (χ0) is 26.5. The summed E-state index contributed by atoms with van der Waals surface area (Å²) in [5.74, 6) is -0.729. The van der Waals surface area contributed by atoms with Gasteiger partial charge in [-0.2, -0.15) is 0 Å². The second-order valence-corrected chi connectivity index (χ2v) is 11.0. The maximum atomic E-state index is 12.4. The van der Waals surface area contributed by atoms with E-state index in [0.717, 1.165) is 57.8 Å². The molecule has 0 bridgehead atoms. The van der Waals surface area contributed by atoms with Gasteiger partial charge in [0.2, 0.25) is 0 Å². The largest absolute Gasteiger partial charge is 0.481 e. The summed E-state index contributed by atoms with van der Waals surface area (Å²) < 4.78 is 5.86. The second-order valence-electron chi connectivity index (χ2n) is 11.0. The first kappa shape index (κ1) is 34.9. The summed E-state index contributed by atoms with van der Waals surface area (Å²) in [5, 5.41) is 8.75. The molecular weight excluding hydrogens is 448 g/mol. The molecule has 0 saturated carbocycles. The predicted molar refractivity (Wildman–Crippen MR) is 154 cm³/mol. The van der Waals surface area contributed by atoms with Crippen molar-refractivity contribution in [1.29, 1.82) is 0 Å². The van der Waals surface area contributed by atoms with Crippen LogP contribution in [0.2, 0.25) is 0 Å². The van der Waals surface area contributed by atoms with Crippen molar-refractivity contribution >= 4 is 11.9 Å². The van der Waals surface area contributed by atoms with E-state index >= 15 is 0 Å². The van der Waals surface area contributed by atoms with Crippen LogP contribution in [0, 0.1) is 0 Å². The molecule has 0 amide bonds. The predicted octanol–water partition coefficient (Wildman–Crippen LogP) is 10.6. The van der Waals surface area contributed by atoms with Gasteiger partial charge in [0.05, 0.1) is 0 Å². The number of esters is 1. The zero-order valence-electron chi connectivity index (χ0n) is 24.3. The van der Waals surface area contributed by atoms with Crippen LogP contribution in [0.25, 0.3) is 0 Å². The van der Waals surface area contributed by atoms with Crippen molar-refractivity contribution in [3.05, 3.63) is 0 Å². The van der Waals surface area contributed by atoms with E-state index in [-0.39, 0.29) is 18.5 Å². The van der Waals surface area contributed by atoms with Gasteiger partial charge in [-0.1, -0.05) is 136 Å². The van der Waals surface area contributed by atoms with Crippen molar-refractivity contribution in [2.75, 3.05) is 0 Å². The fourth-order valence-corrected chi connectivity index (χ4v) is 4.95. The number of carboxylic acid groups (broad SMARTS) is 1. The third kappa shape index (κ3) is 27.5. The van der Waals surface area contributed by atoms with E-state index in [0.29, 0.717) is 6.42 Å². The molecule has 0 heterocycles. The van der Waals surface area contributed by atoms with Crippen LogP contribution in [-0.2, 0) is 14.3 Å². The van der Waals surface area contributed by atoms with E-state index < -0.39 is 5.97 Å². The SMILES string of the molecule is CCCCCCCCCCCCCCCCCC(=O)OC(CCCCCC)CCCCCCC(=O)O. The minimum atomic E-state index is -0.712. The Bertz CT molecular complexity index is 477. The summed E-state index contributed by atoms with van der Waals surface area (Å²) in [6.45, 7) is 4.49. The van der Waals surface area contributed by atoms with Crippen LogP contribution in [0.1, 0.15) is 187 Å². The molecule has 0 fully saturated rings. The topological polar surface area (TPSA) is 63.6 Å². The summed E-state index contributed by atoms with van der Waals surface area (Å²) in [5.41, 5.74) is 0. The highest BCUT2D eigenvalue weighted by molar-refractivity contribution is 5.69. The lowest BCUT2D eigenvalue weighted by Gasteiger charge is -2.18. The molecule has 0 aliphatic heterocycles. The number of carbonyl (C=O) groups excluding carboxylic acids is 1. The van der Waals surface area contributed by atoms with Gasteiger partial charge in [0, 0.05) is 12.8 Å². The average Bonchev–Trinajstić information content (AvgIpc) is 2.85. The molecule has 0 aliphatic carbocycles. The standard InChI is InChI=1S/C32H62O4/c1-3-5-7-9-10-11-12-13-14-15-16-17-18-19-25-29-32(35)36-30(26-22-8-6-4-2)27-23-20-21-24-28-31(33)34/h30H,3-29H2,1-2H3,(H,33,34). The molecule has 4 heteroatoms. The third-order valence-corrected chi connectivity index (χ3v) is 7.33. The molecule has 0 aromatic rings. The lowest BCUT2D eigenvalue weighted by atomic mass is 10.0. The van der Waals surface area contributed by atoms with Crippen molar-refractivity contribution in [2.45, 2.75) is 193 Å². The fourth-order valence-electron chi connectivity index (χ4n) is 4.95. The molecule has 1 unspecified atom stereocenters. The normalized spacial score (nSPS) is 12.1. The van der Waals surface area contributed by atoms with Crippen LogP contribution in [0.3, 0.4) is 0 Å². The van der Waals surface area contributed by atoms with Crippen LogP contribution >= 0.6 is 0 Å². The summed E-state index contributed by atoms with van der Waals surface area (Å²) in [7, 11) is 0. The van der Waals surface area contributed by atoms with Gasteiger partial charge in [0.1, 0.15) is 6.10 Å². The van der Waals surface area contributed by atoms with Crippen molar-refractivity contribution in [1.82, 2.24) is 0 Å². The van der Waals surface area contributed by atoms with Crippen LogP contribution in [0.5, 0.6) is 0 Å². The van der Waals surface area contributed by atoms with E-state index in [4.69, 9.17) is 9.84 Å². The lowest BCUT2D eigenvalue weighted by Crippen LogP contribution is -2.18. The summed E-state index contributed by atoms with van der Waals surface area (Å²) >= 11 is 0. The smallest absolute Gasteiger partial charge is 0.306 e. The first-order chi connectivity index (χ1) is 17.6. The average molecular weight is 511 g/mol. The molecule has 0 aliphatic rings. The van der Waals surface area contributed by atoms with Gasteiger partial charge in [-0.05, 0) is 38.5 Å². The molecular formula is C32H62O4. The molecule has 0 aromatic heterocycles. The number of hydrogen-bond acceptors (Lipinski definition) is 3. The first-order valence-electron chi connectivity index (χ1n) is 16.0. The maximum absolute atomic E-state index is 12.4. The number of ether oxygens (including phenoxy) is 1. The number of carboxylic acids is 1. The minimum absolute atomic E-state index is 0.0175. The Labute approximate surface area is 224 Å². The van der Waals surface area contributed by atoms with Crippen molar-refractivity contribution in [3.8, 4) is 0 Å². The molecule has 0 radical (unpaired) electrons. The molecule has 0 aromatic carbocycles. The van der Waals surface area contributed by atoms with Crippen LogP contribution in [-0.4, -0.2) is 23.1 Å². The molecule has 214 valence electrons. The molecule has 0 rings (SSSR count). The van der Waals surface area contributed by atoms with E-state index in [1.165, 1.54) is 103 Å². The van der Waals surface area contributed by atoms with E-state index in [1.807, 2.05) is 0 Å². The van der Waals surface area contributed by atoms with E-state index in [9.17, 15) is 9.59 Å². The van der Waals surface area contributed by atoms with Crippen molar-refractivity contribution in [3.63, 3.8) is 0 Å². The fraction of sp³-hybridized carbons (Fsp3) is 0.938. The highest BCUT2D eigenvalue weighted by atomic mass is 16.5. The number of aliphatic carboxylic acids is 1. The monoisotopic (exact) mass is 510 g/mol. The Hall–Kier alpha value is -1.06. The van der Waals surface area contributed by atoms with Gasteiger partial charge in [-0.15, -0.1) is 0 Å². The van der Waals surface area contributed by atoms with Gasteiger partial charge < -0.3 is 9.84 Å². The molecule has 0 spiro atoms. The maximum Gasteiger partial charge on any atom is 0.306 e. The number of unbranched alkanes of at least 4 members (excludes halogenated alkanes) is 20. The Morgan fingerprint density at radius 2 is 0.833 bits per heavy atom. The highest BCUT2D eigenvalue weighted by Gasteiger charge is 2.14. The highest BCUT2D eigenvalue weighted by Crippen LogP contribution is 2.18. The molecule has 1 atom stereocenters. The quantitative estimate of drug-likeness (QED) is 0.0802. The number of carbonyl (C=O) groups is 2. The first-order valence-corrected chi connectivity index (χ1v) is 16.0. The third-order valence-electron chi connectivity index (χ3n) is 7.33. The molecule has 4 nitrogen and oxygen atoms in total. The van der Waals surface area contributed by atoms with Crippen LogP contribution in [0.15, 0.2) is 0 Å². The number of rotatable bonds is 29. The van der Waals surface area contributed by atoms with Gasteiger partial charge in [-0.25, -0.2) is 0 Å². The van der Waals surface area contributed by atoms with E-state index in [1.54, 1.807) is 0 Å². The molecule has 36 heavy (non-hydrogen) atoms. The van der Waals surface area contributed by atoms with Crippen LogP contribution in [0.4, 0.5) is 0 Å². The Morgan fingerprint density at radius 1 is 0.500 bits per heavy atom. The second kappa shape index (κ2) is 28.5. The molecule has 0 saturated heterocycles. The van der Waals surface area contributed by atoms with Gasteiger partial charge >= 0.3 is 11.9 Å².